The summed E-state index contributed by atoms with van der Waals surface area (Å²) in [7, 11) is 3.36. The Bertz CT molecular complexity index is 523. The van der Waals surface area contributed by atoms with Gasteiger partial charge < -0.3 is 19.5 Å². The summed E-state index contributed by atoms with van der Waals surface area (Å²) in [6.07, 6.45) is 7.13. The van der Waals surface area contributed by atoms with Gasteiger partial charge in [-0.25, -0.2) is 0 Å². The third-order valence-electron chi connectivity index (χ3n) is 5.02. The monoisotopic (exact) mass is 305 g/mol. The standard InChI is InChI=1S/C18H27NO3/c1-4-19-14-12-18(10-6-5-7-11-18)22-16-13(14)8-9-15(20-2)17(16)21-3/h8-9,14,19H,4-7,10-12H2,1-3H3. The van der Waals surface area contributed by atoms with Crippen LogP contribution < -0.4 is 19.5 Å². The molecule has 0 bridgehead atoms. The van der Waals surface area contributed by atoms with Gasteiger partial charge in [-0.15, -0.1) is 0 Å². The molecule has 1 atom stereocenters. The van der Waals surface area contributed by atoms with Crippen molar-refractivity contribution in [3.05, 3.63) is 17.7 Å². The Morgan fingerprint density at radius 2 is 1.95 bits per heavy atom. The first-order chi connectivity index (χ1) is 10.7. The van der Waals surface area contributed by atoms with Gasteiger partial charge >= 0.3 is 0 Å². The zero-order chi connectivity index (χ0) is 15.6. The maximum Gasteiger partial charge on any atom is 0.203 e. The number of hydrogen-bond acceptors (Lipinski definition) is 4. The van der Waals surface area contributed by atoms with Crippen LogP contribution in [0.25, 0.3) is 0 Å². The number of methoxy groups -OCH3 is 2. The van der Waals surface area contributed by atoms with Crippen molar-refractivity contribution in [2.75, 3.05) is 20.8 Å². The Morgan fingerprint density at radius 1 is 1.18 bits per heavy atom. The normalized spacial score (nSPS) is 22.8. The van der Waals surface area contributed by atoms with Gasteiger partial charge in [0.15, 0.2) is 11.5 Å². The molecule has 1 fully saturated rings. The summed E-state index contributed by atoms with van der Waals surface area (Å²) in [4.78, 5) is 0. The molecule has 1 saturated carbocycles. The number of ether oxygens (including phenoxy) is 3. The summed E-state index contributed by atoms with van der Waals surface area (Å²) in [5.74, 6) is 2.35. The SMILES string of the molecule is CCNC1CC2(CCCCC2)Oc2c1ccc(OC)c2OC. The second kappa shape index (κ2) is 6.37. The van der Waals surface area contributed by atoms with E-state index in [0.717, 1.165) is 43.1 Å². The number of fused-ring (bicyclic) bond motifs is 1. The second-order valence-corrected chi connectivity index (χ2v) is 6.38. The number of hydrogen-bond donors (Lipinski definition) is 1. The molecule has 3 rings (SSSR count). The summed E-state index contributed by atoms with van der Waals surface area (Å²) in [5, 5.41) is 3.62. The fourth-order valence-electron chi connectivity index (χ4n) is 3.96. The molecule has 1 N–H and O–H groups in total. The smallest absolute Gasteiger partial charge is 0.203 e. The minimum atomic E-state index is -0.0439. The van der Waals surface area contributed by atoms with Gasteiger partial charge in [-0.2, -0.15) is 0 Å². The van der Waals surface area contributed by atoms with Crippen LogP contribution in [0.1, 0.15) is 57.1 Å². The zero-order valence-electron chi connectivity index (χ0n) is 13.9. The topological polar surface area (TPSA) is 39.7 Å². The van der Waals surface area contributed by atoms with Crippen molar-refractivity contribution in [3.8, 4) is 17.2 Å². The van der Waals surface area contributed by atoms with Gasteiger partial charge in [-0.05, 0) is 44.4 Å². The number of rotatable bonds is 4. The highest BCUT2D eigenvalue weighted by atomic mass is 16.5. The van der Waals surface area contributed by atoms with Gasteiger partial charge in [0.25, 0.3) is 0 Å². The largest absolute Gasteiger partial charge is 0.493 e. The van der Waals surface area contributed by atoms with Crippen LogP contribution in [0.2, 0.25) is 0 Å². The average Bonchev–Trinajstić information content (AvgIpc) is 2.54. The highest BCUT2D eigenvalue weighted by molar-refractivity contribution is 5.58. The van der Waals surface area contributed by atoms with Crippen LogP contribution in [0.5, 0.6) is 17.2 Å². The molecule has 22 heavy (non-hydrogen) atoms. The first-order valence-electron chi connectivity index (χ1n) is 8.40. The molecule has 1 aromatic rings. The van der Waals surface area contributed by atoms with Gasteiger partial charge in [0.05, 0.1) is 14.2 Å². The fraction of sp³-hybridized carbons (Fsp3) is 0.667. The molecule has 0 saturated heterocycles. The van der Waals surface area contributed by atoms with Crippen molar-refractivity contribution in [3.63, 3.8) is 0 Å². The molecule has 1 heterocycles. The van der Waals surface area contributed by atoms with Gasteiger partial charge in [0.1, 0.15) is 5.60 Å². The van der Waals surface area contributed by atoms with E-state index in [-0.39, 0.29) is 5.60 Å². The van der Waals surface area contributed by atoms with Crippen molar-refractivity contribution in [2.45, 2.75) is 57.1 Å². The molecular weight excluding hydrogens is 278 g/mol. The molecule has 0 aromatic heterocycles. The highest BCUT2D eigenvalue weighted by Crippen LogP contribution is 2.52. The fourth-order valence-corrected chi connectivity index (χ4v) is 3.96. The Balaban J connectivity index is 2.04. The van der Waals surface area contributed by atoms with E-state index in [9.17, 15) is 0 Å². The summed E-state index contributed by atoms with van der Waals surface area (Å²) >= 11 is 0. The molecule has 4 heteroatoms. The summed E-state index contributed by atoms with van der Waals surface area (Å²) in [6.45, 7) is 3.11. The molecule has 1 unspecified atom stereocenters. The summed E-state index contributed by atoms with van der Waals surface area (Å²) in [5.41, 5.74) is 1.15. The van der Waals surface area contributed by atoms with E-state index >= 15 is 0 Å². The van der Waals surface area contributed by atoms with Crippen LogP contribution in [0.15, 0.2) is 12.1 Å². The van der Waals surface area contributed by atoms with E-state index in [2.05, 4.69) is 18.3 Å². The Labute approximate surface area is 133 Å². The van der Waals surface area contributed by atoms with Crippen LogP contribution in [-0.2, 0) is 0 Å². The van der Waals surface area contributed by atoms with Gasteiger partial charge in [0.2, 0.25) is 5.75 Å². The average molecular weight is 305 g/mol. The predicted octanol–water partition coefficient (Wildman–Crippen LogP) is 3.84. The number of benzene rings is 1. The highest BCUT2D eigenvalue weighted by Gasteiger charge is 2.43. The maximum absolute atomic E-state index is 6.56. The lowest BCUT2D eigenvalue weighted by molar-refractivity contribution is -0.00496. The Hall–Kier alpha value is -1.42. The predicted molar refractivity (Wildman–Crippen MR) is 87.0 cm³/mol. The van der Waals surface area contributed by atoms with E-state index in [1.807, 2.05) is 6.07 Å². The van der Waals surface area contributed by atoms with E-state index in [1.54, 1.807) is 14.2 Å². The summed E-state index contributed by atoms with van der Waals surface area (Å²) in [6, 6.07) is 4.41. The lowest BCUT2D eigenvalue weighted by Gasteiger charge is -2.45. The molecule has 1 spiro atoms. The first-order valence-corrected chi connectivity index (χ1v) is 8.40. The van der Waals surface area contributed by atoms with Crippen molar-refractivity contribution in [1.82, 2.24) is 5.32 Å². The minimum Gasteiger partial charge on any atom is -0.493 e. The van der Waals surface area contributed by atoms with Crippen molar-refractivity contribution < 1.29 is 14.2 Å². The van der Waals surface area contributed by atoms with Crippen molar-refractivity contribution >= 4 is 0 Å². The van der Waals surface area contributed by atoms with Gasteiger partial charge in [0, 0.05) is 18.0 Å². The molecule has 1 aliphatic carbocycles. The van der Waals surface area contributed by atoms with Crippen molar-refractivity contribution in [1.29, 1.82) is 0 Å². The second-order valence-electron chi connectivity index (χ2n) is 6.38. The molecule has 1 aromatic carbocycles. The van der Waals surface area contributed by atoms with Crippen molar-refractivity contribution in [2.24, 2.45) is 0 Å². The van der Waals surface area contributed by atoms with E-state index < -0.39 is 0 Å². The van der Waals surface area contributed by atoms with Crippen LogP contribution in [0, 0.1) is 0 Å². The van der Waals surface area contributed by atoms with Gasteiger partial charge in [-0.1, -0.05) is 13.3 Å². The third kappa shape index (κ3) is 2.65. The van der Waals surface area contributed by atoms with Crippen LogP contribution in [-0.4, -0.2) is 26.4 Å². The molecule has 4 nitrogen and oxygen atoms in total. The van der Waals surface area contributed by atoms with E-state index in [1.165, 1.54) is 24.8 Å². The van der Waals surface area contributed by atoms with Crippen LogP contribution in [0.3, 0.4) is 0 Å². The van der Waals surface area contributed by atoms with Crippen LogP contribution >= 0.6 is 0 Å². The van der Waals surface area contributed by atoms with E-state index in [0.29, 0.717) is 6.04 Å². The number of nitrogens with one attached hydrogen (secondary N) is 1. The Kier molecular flexibility index (Phi) is 4.48. The lowest BCUT2D eigenvalue weighted by atomic mass is 9.77. The first kappa shape index (κ1) is 15.5. The molecule has 0 amide bonds. The molecule has 0 radical (unpaired) electrons. The minimum absolute atomic E-state index is 0.0439. The van der Waals surface area contributed by atoms with Crippen LogP contribution in [0.4, 0.5) is 0 Å². The molecule has 122 valence electrons. The van der Waals surface area contributed by atoms with E-state index in [4.69, 9.17) is 14.2 Å². The Morgan fingerprint density at radius 3 is 2.59 bits per heavy atom. The molecule has 1 aliphatic heterocycles. The van der Waals surface area contributed by atoms with Gasteiger partial charge in [-0.3, -0.25) is 0 Å². The summed E-state index contributed by atoms with van der Waals surface area (Å²) < 4.78 is 17.6. The molecule has 2 aliphatic rings. The maximum atomic E-state index is 6.56. The lowest BCUT2D eigenvalue weighted by Crippen LogP contribution is -2.45. The zero-order valence-corrected chi connectivity index (χ0v) is 13.9. The molecular formula is C18H27NO3. The third-order valence-corrected chi connectivity index (χ3v) is 5.02. The quantitative estimate of drug-likeness (QED) is 0.917.